The van der Waals surface area contributed by atoms with Crippen LogP contribution in [0.2, 0.25) is 0 Å². The Morgan fingerprint density at radius 1 is 1.69 bits per heavy atom. The standard InChI is InChI=1S/C9H11FO3/c1-2-13-9(12)7-4-3-5(10)8(11)6(4)7/h4-7H,2-3H2,1H3/t4-,5+,6+,7+/m1/s1. The molecule has 0 aromatic heterocycles. The van der Waals surface area contributed by atoms with E-state index in [1.54, 1.807) is 6.92 Å². The van der Waals surface area contributed by atoms with Crippen molar-refractivity contribution >= 4 is 11.8 Å². The number of fused-ring (bicyclic) bond motifs is 1. The third-order valence-corrected chi connectivity index (χ3v) is 2.84. The Morgan fingerprint density at radius 3 is 2.85 bits per heavy atom. The molecule has 2 fully saturated rings. The van der Waals surface area contributed by atoms with Crippen molar-refractivity contribution in [3.63, 3.8) is 0 Å². The van der Waals surface area contributed by atoms with E-state index in [4.69, 9.17) is 4.74 Å². The average molecular weight is 186 g/mol. The van der Waals surface area contributed by atoms with E-state index < -0.39 is 12.0 Å². The van der Waals surface area contributed by atoms with Crippen LogP contribution in [0.25, 0.3) is 0 Å². The zero-order valence-electron chi connectivity index (χ0n) is 7.33. The molecule has 0 heterocycles. The van der Waals surface area contributed by atoms with Crippen LogP contribution < -0.4 is 0 Å². The summed E-state index contributed by atoms with van der Waals surface area (Å²) in [5.74, 6) is -1.50. The van der Waals surface area contributed by atoms with E-state index in [9.17, 15) is 14.0 Å². The second-order valence-electron chi connectivity index (χ2n) is 3.57. The summed E-state index contributed by atoms with van der Waals surface area (Å²) in [6, 6.07) is 0. The Labute approximate surface area is 75.2 Å². The van der Waals surface area contributed by atoms with Crippen molar-refractivity contribution < 1.29 is 18.7 Å². The highest BCUT2D eigenvalue weighted by Crippen LogP contribution is 2.56. The minimum atomic E-state index is -1.33. The van der Waals surface area contributed by atoms with Crippen LogP contribution in [0.4, 0.5) is 4.39 Å². The topological polar surface area (TPSA) is 43.4 Å². The Bertz CT molecular complexity index is 264. The van der Waals surface area contributed by atoms with Gasteiger partial charge < -0.3 is 4.74 Å². The summed E-state index contributed by atoms with van der Waals surface area (Å²) in [4.78, 5) is 22.3. The van der Waals surface area contributed by atoms with E-state index in [-0.39, 0.29) is 30.1 Å². The Balaban J connectivity index is 1.96. The number of Topliss-reactive ketones (excluding diaryl/α,β-unsaturated/α-hetero) is 1. The van der Waals surface area contributed by atoms with Gasteiger partial charge in [0.1, 0.15) is 0 Å². The molecule has 3 nitrogen and oxygen atoms in total. The molecule has 2 saturated carbocycles. The summed E-state index contributed by atoms with van der Waals surface area (Å²) < 4.78 is 17.5. The number of hydrogen-bond donors (Lipinski definition) is 0. The first-order valence-electron chi connectivity index (χ1n) is 4.51. The predicted octanol–water partition coefficient (Wildman–Crippen LogP) is 0.723. The maximum Gasteiger partial charge on any atom is 0.309 e. The van der Waals surface area contributed by atoms with Crippen LogP contribution in [0.15, 0.2) is 0 Å². The van der Waals surface area contributed by atoms with Gasteiger partial charge in [0.15, 0.2) is 12.0 Å². The minimum absolute atomic E-state index is 0.0680. The number of ether oxygens (including phenoxy) is 1. The van der Waals surface area contributed by atoms with Gasteiger partial charge in [-0.1, -0.05) is 0 Å². The van der Waals surface area contributed by atoms with Gasteiger partial charge in [-0.25, -0.2) is 4.39 Å². The molecule has 4 atom stereocenters. The molecule has 72 valence electrons. The van der Waals surface area contributed by atoms with Crippen LogP contribution in [0.1, 0.15) is 13.3 Å². The molecule has 0 aromatic rings. The van der Waals surface area contributed by atoms with Crippen molar-refractivity contribution in [2.75, 3.05) is 6.61 Å². The van der Waals surface area contributed by atoms with Gasteiger partial charge in [-0.3, -0.25) is 9.59 Å². The van der Waals surface area contributed by atoms with E-state index in [0.29, 0.717) is 6.61 Å². The summed E-state index contributed by atoms with van der Waals surface area (Å²) in [7, 11) is 0. The summed E-state index contributed by atoms with van der Waals surface area (Å²) in [5, 5.41) is 0. The third-order valence-electron chi connectivity index (χ3n) is 2.84. The lowest BCUT2D eigenvalue weighted by molar-refractivity contribution is -0.146. The molecule has 4 heteroatoms. The molecular formula is C9H11FO3. The first kappa shape index (κ1) is 8.66. The van der Waals surface area contributed by atoms with Gasteiger partial charge >= 0.3 is 5.97 Å². The molecule has 0 unspecified atom stereocenters. The number of halogens is 1. The molecular weight excluding hydrogens is 175 g/mol. The minimum Gasteiger partial charge on any atom is -0.466 e. The number of rotatable bonds is 2. The van der Waals surface area contributed by atoms with Gasteiger partial charge in [-0.05, 0) is 19.3 Å². The largest absolute Gasteiger partial charge is 0.466 e. The summed E-state index contributed by atoms with van der Waals surface area (Å²) in [5.41, 5.74) is 0. The van der Waals surface area contributed by atoms with Gasteiger partial charge in [0.2, 0.25) is 0 Å². The Morgan fingerprint density at radius 2 is 2.38 bits per heavy atom. The second-order valence-corrected chi connectivity index (χ2v) is 3.57. The molecule has 2 rings (SSSR count). The van der Waals surface area contributed by atoms with Crippen molar-refractivity contribution in [3.05, 3.63) is 0 Å². The van der Waals surface area contributed by atoms with Crippen LogP contribution >= 0.6 is 0 Å². The van der Waals surface area contributed by atoms with E-state index in [0.717, 1.165) is 0 Å². The lowest BCUT2D eigenvalue weighted by Gasteiger charge is -2.04. The zero-order chi connectivity index (χ0) is 9.59. The van der Waals surface area contributed by atoms with E-state index in [2.05, 4.69) is 0 Å². The fourth-order valence-electron chi connectivity index (χ4n) is 2.18. The lowest BCUT2D eigenvalue weighted by Crippen LogP contribution is -2.19. The number of ketones is 1. The molecule has 0 amide bonds. The molecule has 2 aliphatic carbocycles. The van der Waals surface area contributed by atoms with Gasteiger partial charge in [-0.2, -0.15) is 0 Å². The van der Waals surface area contributed by atoms with E-state index in [1.165, 1.54) is 0 Å². The third kappa shape index (κ3) is 1.16. The van der Waals surface area contributed by atoms with Gasteiger partial charge in [0.05, 0.1) is 12.5 Å². The molecule has 0 aromatic carbocycles. The normalized spacial score (nSPS) is 41.5. The quantitative estimate of drug-likeness (QED) is 0.597. The molecule has 0 N–H and O–H groups in total. The summed E-state index contributed by atoms with van der Waals surface area (Å²) in [6.45, 7) is 2.04. The summed E-state index contributed by atoms with van der Waals surface area (Å²) in [6.07, 6.45) is -1.12. The monoisotopic (exact) mass is 186 g/mol. The van der Waals surface area contributed by atoms with Crippen molar-refractivity contribution in [2.45, 2.75) is 19.5 Å². The van der Waals surface area contributed by atoms with Crippen LogP contribution in [0.3, 0.4) is 0 Å². The zero-order valence-corrected chi connectivity index (χ0v) is 7.33. The number of carbonyl (C=O) groups is 2. The maximum atomic E-state index is 12.7. The molecule has 13 heavy (non-hydrogen) atoms. The first-order valence-corrected chi connectivity index (χ1v) is 4.51. The fourth-order valence-corrected chi connectivity index (χ4v) is 2.18. The number of alkyl halides is 1. The van der Waals surface area contributed by atoms with Gasteiger partial charge in [-0.15, -0.1) is 0 Å². The van der Waals surface area contributed by atoms with Crippen LogP contribution in [-0.2, 0) is 14.3 Å². The van der Waals surface area contributed by atoms with Gasteiger partial charge in [0, 0.05) is 5.92 Å². The van der Waals surface area contributed by atoms with Crippen LogP contribution in [0.5, 0.6) is 0 Å². The molecule has 0 radical (unpaired) electrons. The highest BCUT2D eigenvalue weighted by molar-refractivity contribution is 5.97. The Hall–Kier alpha value is -0.930. The maximum absolute atomic E-state index is 12.7. The van der Waals surface area contributed by atoms with Gasteiger partial charge in [0.25, 0.3) is 0 Å². The molecule has 0 bridgehead atoms. The van der Waals surface area contributed by atoms with Crippen molar-refractivity contribution in [1.29, 1.82) is 0 Å². The van der Waals surface area contributed by atoms with Crippen LogP contribution in [-0.4, -0.2) is 24.5 Å². The SMILES string of the molecule is CCOC(=O)[C@H]1[C@@H]2C[C@H](F)C(=O)[C@@H]21. The van der Waals surface area contributed by atoms with Crippen LogP contribution in [0, 0.1) is 17.8 Å². The molecule has 2 aliphatic rings. The van der Waals surface area contributed by atoms with E-state index >= 15 is 0 Å². The Kier molecular flexibility index (Phi) is 1.86. The van der Waals surface area contributed by atoms with Crippen molar-refractivity contribution in [3.8, 4) is 0 Å². The number of esters is 1. The predicted molar refractivity (Wildman–Crippen MR) is 41.6 cm³/mol. The smallest absolute Gasteiger partial charge is 0.309 e. The van der Waals surface area contributed by atoms with Crippen molar-refractivity contribution in [2.24, 2.45) is 17.8 Å². The lowest BCUT2D eigenvalue weighted by atomic mass is 10.1. The number of hydrogen-bond acceptors (Lipinski definition) is 3. The first-order chi connectivity index (χ1) is 6.16. The molecule has 0 saturated heterocycles. The number of carbonyl (C=O) groups excluding carboxylic acids is 2. The second kappa shape index (κ2) is 2.79. The van der Waals surface area contributed by atoms with Crippen molar-refractivity contribution in [1.82, 2.24) is 0 Å². The molecule has 0 spiro atoms. The highest BCUT2D eigenvalue weighted by atomic mass is 19.1. The molecule has 0 aliphatic heterocycles. The summed E-state index contributed by atoms with van der Waals surface area (Å²) >= 11 is 0. The highest BCUT2D eigenvalue weighted by Gasteiger charge is 2.66. The average Bonchev–Trinajstić information content (AvgIpc) is 2.70. The fraction of sp³-hybridized carbons (Fsp3) is 0.778. The van der Waals surface area contributed by atoms with E-state index in [1.807, 2.05) is 0 Å².